The summed E-state index contributed by atoms with van der Waals surface area (Å²) in [6.45, 7) is 2.44. The molecular weight excluding hydrogens is 454 g/mol. The molecular formula is C25H30ClN5OS. The van der Waals surface area contributed by atoms with E-state index in [1.807, 2.05) is 36.3 Å². The van der Waals surface area contributed by atoms with E-state index in [2.05, 4.69) is 38.7 Å². The van der Waals surface area contributed by atoms with Crippen LogP contribution in [0.1, 0.15) is 49.8 Å². The number of pyridine rings is 1. The number of aromatic nitrogens is 3. The molecule has 1 saturated carbocycles. The number of rotatable bonds is 6. The van der Waals surface area contributed by atoms with Crippen LogP contribution in [0.2, 0.25) is 5.15 Å². The van der Waals surface area contributed by atoms with Crippen molar-refractivity contribution < 1.29 is 4.79 Å². The smallest absolute Gasteiger partial charge is 0.317 e. The summed E-state index contributed by atoms with van der Waals surface area (Å²) in [5.74, 6) is 0. The molecule has 8 heteroatoms. The second-order valence-corrected chi connectivity index (χ2v) is 9.71. The lowest BCUT2D eigenvalue weighted by atomic mass is 10.0. The normalized spacial score (nSPS) is 14.6. The van der Waals surface area contributed by atoms with Gasteiger partial charge in [-0.2, -0.15) is 5.10 Å². The SMILES string of the molecule is CSc1cc(C)nc(Cl)c1NC(=O)N(Cc1cccc(-c2ccn[nH]2)c1)C1CCCCCC1. The number of halogens is 1. The highest BCUT2D eigenvalue weighted by Crippen LogP contribution is 2.33. The lowest BCUT2D eigenvalue weighted by Crippen LogP contribution is -2.42. The van der Waals surface area contributed by atoms with E-state index in [1.54, 1.807) is 18.0 Å². The summed E-state index contributed by atoms with van der Waals surface area (Å²) in [6, 6.07) is 12.2. The van der Waals surface area contributed by atoms with Crippen molar-refractivity contribution in [3.63, 3.8) is 0 Å². The number of anilines is 1. The molecule has 6 nitrogen and oxygen atoms in total. The van der Waals surface area contributed by atoms with Gasteiger partial charge in [0.05, 0.1) is 11.4 Å². The number of hydrogen-bond acceptors (Lipinski definition) is 4. The molecule has 2 aromatic heterocycles. The number of aryl methyl sites for hydroxylation is 1. The van der Waals surface area contributed by atoms with Crippen molar-refractivity contribution in [3.8, 4) is 11.3 Å². The molecule has 174 valence electrons. The van der Waals surface area contributed by atoms with Crippen LogP contribution in [0.4, 0.5) is 10.5 Å². The lowest BCUT2D eigenvalue weighted by Gasteiger charge is -2.32. The van der Waals surface area contributed by atoms with E-state index in [-0.39, 0.29) is 12.1 Å². The van der Waals surface area contributed by atoms with E-state index in [1.165, 1.54) is 12.8 Å². The third-order valence-corrected chi connectivity index (χ3v) is 7.17. The monoisotopic (exact) mass is 483 g/mol. The number of benzene rings is 1. The number of H-pyrrole nitrogens is 1. The van der Waals surface area contributed by atoms with Crippen molar-refractivity contribution in [1.29, 1.82) is 0 Å². The summed E-state index contributed by atoms with van der Waals surface area (Å²) in [4.78, 5) is 20.9. The fraction of sp³-hybridized carbons (Fsp3) is 0.400. The second kappa shape index (κ2) is 11.1. The zero-order valence-corrected chi connectivity index (χ0v) is 20.7. The van der Waals surface area contributed by atoms with E-state index < -0.39 is 0 Å². The quantitative estimate of drug-likeness (QED) is 0.227. The van der Waals surface area contributed by atoms with E-state index in [0.717, 1.165) is 53.1 Å². The molecule has 0 saturated heterocycles. The maximum absolute atomic E-state index is 13.7. The summed E-state index contributed by atoms with van der Waals surface area (Å²) < 4.78 is 0. The largest absolute Gasteiger partial charge is 0.322 e. The molecule has 2 N–H and O–H groups in total. The van der Waals surface area contributed by atoms with Gasteiger partial charge >= 0.3 is 6.03 Å². The molecule has 0 atom stereocenters. The molecule has 0 spiro atoms. The fourth-order valence-electron chi connectivity index (χ4n) is 4.45. The average Bonchev–Trinajstić information content (AvgIpc) is 3.22. The summed E-state index contributed by atoms with van der Waals surface area (Å²) >= 11 is 8.00. The van der Waals surface area contributed by atoms with Crippen LogP contribution >= 0.6 is 23.4 Å². The van der Waals surface area contributed by atoms with Gasteiger partial charge < -0.3 is 10.2 Å². The van der Waals surface area contributed by atoms with Crippen molar-refractivity contribution in [2.24, 2.45) is 0 Å². The van der Waals surface area contributed by atoms with Crippen LogP contribution in [0.3, 0.4) is 0 Å². The summed E-state index contributed by atoms with van der Waals surface area (Å²) in [5, 5.41) is 10.5. The Morgan fingerprint density at radius 1 is 1.21 bits per heavy atom. The topological polar surface area (TPSA) is 73.9 Å². The van der Waals surface area contributed by atoms with Crippen LogP contribution in [0.15, 0.2) is 47.5 Å². The van der Waals surface area contributed by atoms with Gasteiger partial charge in [0.1, 0.15) is 0 Å². The number of aromatic amines is 1. The van der Waals surface area contributed by atoms with Crippen LogP contribution in [0.5, 0.6) is 0 Å². The first-order chi connectivity index (χ1) is 16.0. The lowest BCUT2D eigenvalue weighted by molar-refractivity contribution is 0.175. The minimum atomic E-state index is -0.128. The summed E-state index contributed by atoms with van der Waals surface area (Å²) in [6.07, 6.45) is 10.5. The predicted octanol–water partition coefficient (Wildman–Crippen LogP) is 6.91. The molecule has 0 radical (unpaired) electrons. The van der Waals surface area contributed by atoms with E-state index in [9.17, 15) is 4.79 Å². The van der Waals surface area contributed by atoms with Gasteiger partial charge in [-0.3, -0.25) is 5.10 Å². The minimum Gasteiger partial charge on any atom is -0.317 e. The molecule has 2 heterocycles. The Bertz CT molecular complexity index is 1080. The Hall–Kier alpha value is -2.51. The van der Waals surface area contributed by atoms with Crippen LogP contribution in [-0.2, 0) is 6.54 Å². The van der Waals surface area contributed by atoms with Crippen molar-refractivity contribution >= 4 is 35.1 Å². The molecule has 3 aromatic rings. The van der Waals surface area contributed by atoms with E-state index >= 15 is 0 Å². The summed E-state index contributed by atoms with van der Waals surface area (Å²) in [5.41, 5.74) is 4.52. The highest BCUT2D eigenvalue weighted by atomic mass is 35.5. The molecule has 0 aliphatic heterocycles. The first kappa shape index (κ1) is 23.6. The maximum Gasteiger partial charge on any atom is 0.322 e. The van der Waals surface area contributed by atoms with Crippen LogP contribution < -0.4 is 5.32 Å². The fourth-order valence-corrected chi connectivity index (χ4v) is 5.42. The predicted molar refractivity (Wildman–Crippen MR) is 136 cm³/mol. The molecule has 1 aliphatic carbocycles. The van der Waals surface area contributed by atoms with Crippen LogP contribution in [0, 0.1) is 6.92 Å². The van der Waals surface area contributed by atoms with Crippen LogP contribution in [0.25, 0.3) is 11.3 Å². The number of amides is 2. The molecule has 2 amide bonds. The van der Waals surface area contributed by atoms with Gasteiger partial charge in [-0.05, 0) is 55.3 Å². The number of nitrogens with one attached hydrogen (secondary N) is 2. The van der Waals surface area contributed by atoms with Gasteiger partial charge in [0.2, 0.25) is 0 Å². The zero-order chi connectivity index (χ0) is 23.2. The zero-order valence-electron chi connectivity index (χ0n) is 19.1. The van der Waals surface area contributed by atoms with Gasteiger partial charge in [0, 0.05) is 29.4 Å². The molecule has 0 bridgehead atoms. The number of carbonyl (C=O) groups is 1. The Labute approximate surface area is 204 Å². The molecule has 4 rings (SSSR count). The highest BCUT2D eigenvalue weighted by molar-refractivity contribution is 7.98. The van der Waals surface area contributed by atoms with E-state index in [0.29, 0.717) is 17.4 Å². The van der Waals surface area contributed by atoms with Crippen molar-refractivity contribution in [3.05, 3.63) is 59.0 Å². The van der Waals surface area contributed by atoms with Gasteiger partial charge in [0.25, 0.3) is 0 Å². The Morgan fingerprint density at radius 3 is 2.70 bits per heavy atom. The van der Waals surface area contributed by atoms with Gasteiger partial charge in [-0.25, -0.2) is 9.78 Å². The Morgan fingerprint density at radius 2 is 2.00 bits per heavy atom. The highest BCUT2D eigenvalue weighted by Gasteiger charge is 2.26. The Balaban J connectivity index is 1.62. The first-order valence-electron chi connectivity index (χ1n) is 11.4. The van der Waals surface area contributed by atoms with E-state index in [4.69, 9.17) is 11.6 Å². The summed E-state index contributed by atoms with van der Waals surface area (Å²) in [7, 11) is 0. The third-order valence-electron chi connectivity index (χ3n) is 6.14. The first-order valence-corrected chi connectivity index (χ1v) is 13.0. The molecule has 1 aromatic carbocycles. The maximum atomic E-state index is 13.7. The van der Waals surface area contributed by atoms with Crippen molar-refractivity contribution in [1.82, 2.24) is 20.1 Å². The van der Waals surface area contributed by atoms with Gasteiger partial charge in [-0.1, -0.05) is 55.5 Å². The number of urea groups is 1. The van der Waals surface area contributed by atoms with Crippen molar-refractivity contribution in [2.45, 2.75) is 62.9 Å². The molecule has 1 fully saturated rings. The van der Waals surface area contributed by atoms with Gasteiger partial charge in [-0.15, -0.1) is 11.8 Å². The molecule has 33 heavy (non-hydrogen) atoms. The second-order valence-electron chi connectivity index (χ2n) is 8.51. The third kappa shape index (κ3) is 5.89. The number of hydrogen-bond donors (Lipinski definition) is 2. The van der Waals surface area contributed by atoms with Crippen LogP contribution in [-0.4, -0.2) is 38.4 Å². The minimum absolute atomic E-state index is 0.128. The standard InChI is InChI=1S/C25H30ClN5OS/c1-17-14-22(33-2)23(24(26)28-17)29-25(32)31(20-10-5-3-4-6-11-20)16-18-8-7-9-19(15-18)21-12-13-27-30-21/h7-9,12-15,20H,3-6,10-11,16H2,1-2H3,(H,27,30)(H,29,32). The molecule has 0 unspecified atom stereocenters. The molecule has 1 aliphatic rings. The van der Waals surface area contributed by atoms with Crippen molar-refractivity contribution in [2.75, 3.05) is 11.6 Å². The Kier molecular flexibility index (Phi) is 7.93. The average molecular weight is 484 g/mol. The number of thioether (sulfide) groups is 1. The number of carbonyl (C=O) groups excluding carboxylic acids is 1. The van der Waals surface area contributed by atoms with Gasteiger partial charge in [0.15, 0.2) is 5.15 Å². The number of nitrogens with zero attached hydrogens (tertiary/aromatic N) is 3.